The van der Waals surface area contributed by atoms with Crippen LogP contribution >= 0.6 is 0 Å². The number of hydrogen-bond donors (Lipinski definition) is 0. The van der Waals surface area contributed by atoms with Crippen LogP contribution in [-0.2, 0) is 16.9 Å². The molecular weight excluding hydrogens is 290 g/mol. The number of ether oxygens (including phenoxy) is 3. The molecule has 4 nitrogen and oxygen atoms in total. The lowest BCUT2D eigenvalue weighted by molar-refractivity contribution is -0.106. The molecule has 1 aliphatic rings. The lowest BCUT2D eigenvalue weighted by Crippen LogP contribution is -2.50. The molecule has 1 heterocycles. The van der Waals surface area contributed by atoms with Crippen LogP contribution in [0.1, 0.15) is 16.7 Å². The van der Waals surface area contributed by atoms with Gasteiger partial charge in [-0.05, 0) is 31.2 Å². The Hall–Kier alpha value is -2.04. The number of methoxy groups -OCH3 is 3. The standard InChI is InChI=1S/C19H23NO3/c1-20-11-10-14-12-17(21-2)18(22-3)13-16(14)19(20,23-4)15-8-6-5-7-9-15/h5-9,12-13H,10-11H2,1-4H3. The molecule has 122 valence electrons. The van der Waals surface area contributed by atoms with Gasteiger partial charge in [0.2, 0.25) is 0 Å². The van der Waals surface area contributed by atoms with E-state index in [-0.39, 0.29) is 0 Å². The molecule has 3 rings (SSSR count). The quantitative estimate of drug-likeness (QED) is 0.868. The molecule has 23 heavy (non-hydrogen) atoms. The Morgan fingerprint density at radius 3 is 2.22 bits per heavy atom. The molecule has 0 fully saturated rings. The molecule has 0 aromatic heterocycles. The molecule has 2 aromatic carbocycles. The predicted octanol–water partition coefficient (Wildman–Crippen LogP) is 3.04. The van der Waals surface area contributed by atoms with E-state index >= 15 is 0 Å². The molecule has 1 atom stereocenters. The van der Waals surface area contributed by atoms with Gasteiger partial charge in [-0.1, -0.05) is 30.3 Å². The molecule has 0 N–H and O–H groups in total. The summed E-state index contributed by atoms with van der Waals surface area (Å²) in [6, 6.07) is 14.4. The van der Waals surface area contributed by atoms with E-state index in [1.54, 1.807) is 21.3 Å². The fraction of sp³-hybridized carbons (Fsp3) is 0.368. The van der Waals surface area contributed by atoms with E-state index in [0.29, 0.717) is 0 Å². The lowest BCUT2D eigenvalue weighted by atomic mass is 9.84. The Morgan fingerprint density at radius 1 is 0.957 bits per heavy atom. The number of nitrogens with zero attached hydrogens (tertiary/aromatic N) is 1. The molecule has 1 aliphatic heterocycles. The number of fused-ring (bicyclic) bond motifs is 1. The Kier molecular flexibility index (Phi) is 4.28. The highest BCUT2D eigenvalue weighted by atomic mass is 16.5. The number of likely N-dealkylation sites (N-methyl/N-ethyl adjacent to an activating group) is 1. The van der Waals surface area contributed by atoms with Crippen LogP contribution in [0.3, 0.4) is 0 Å². The molecule has 0 saturated heterocycles. The van der Waals surface area contributed by atoms with Crippen LogP contribution in [-0.4, -0.2) is 39.8 Å². The minimum Gasteiger partial charge on any atom is -0.493 e. The minimum absolute atomic E-state index is 0.617. The molecule has 4 heteroatoms. The highest BCUT2D eigenvalue weighted by Gasteiger charge is 2.43. The molecule has 0 radical (unpaired) electrons. The highest BCUT2D eigenvalue weighted by molar-refractivity contribution is 5.53. The molecule has 0 bridgehead atoms. The van der Waals surface area contributed by atoms with Crippen molar-refractivity contribution in [2.24, 2.45) is 0 Å². The van der Waals surface area contributed by atoms with Crippen molar-refractivity contribution < 1.29 is 14.2 Å². The van der Waals surface area contributed by atoms with Crippen LogP contribution in [0.15, 0.2) is 42.5 Å². The zero-order chi connectivity index (χ0) is 16.4. The summed E-state index contributed by atoms with van der Waals surface area (Å²) in [6.45, 7) is 0.908. The maximum Gasteiger partial charge on any atom is 0.173 e. The summed E-state index contributed by atoms with van der Waals surface area (Å²) >= 11 is 0. The van der Waals surface area contributed by atoms with E-state index in [2.05, 4.69) is 30.1 Å². The van der Waals surface area contributed by atoms with Crippen molar-refractivity contribution >= 4 is 0 Å². The zero-order valence-electron chi connectivity index (χ0n) is 14.1. The van der Waals surface area contributed by atoms with Gasteiger partial charge in [0.1, 0.15) is 0 Å². The van der Waals surface area contributed by atoms with Crippen LogP contribution in [0.4, 0.5) is 0 Å². The molecule has 0 saturated carbocycles. The van der Waals surface area contributed by atoms with Crippen molar-refractivity contribution in [3.05, 3.63) is 59.2 Å². The van der Waals surface area contributed by atoms with Crippen molar-refractivity contribution in [3.63, 3.8) is 0 Å². The van der Waals surface area contributed by atoms with Crippen molar-refractivity contribution in [2.75, 3.05) is 34.9 Å². The number of benzene rings is 2. The summed E-state index contributed by atoms with van der Waals surface area (Å²) in [4.78, 5) is 2.25. The van der Waals surface area contributed by atoms with Crippen LogP contribution in [0.25, 0.3) is 0 Å². The van der Waals surface area contributed by atoms with Crippen LogP contribution in [0.2, 0.25) is 0 Å². The van der Waals surface area contributed by atoms with Gasteiger partial charge in [-0.15, -0.1) is 0 Å². The Bertz CT molecular complexity index is 687. The maximum atomic E-state index is 6.11. The second-order valence-corrected chi connectivity index (χ2v) is 5.75. The smallest absolute Gasteiger partial charge is 0.173 e. The summed E-state index contributed by atoms with van der Waals surface area (Å²) in [7, 11) is 7.18. The van der Waals surface area contributed by atoms with Crippen molar-refractivity contribution in [3.8, 4) is 11.5 Å². The van der Waals surface area contributed by atoms with Gasteiger partial charge >= 0.3 is 0 Å². The van der Waals surface area contributed by atoms with Crippen LogP contribution < -0.4 is 9.47 Å². The minimum atomic E-state index is -0.617. The van der Waals surface area contributed by atoms with Gasteiger partial charge in [0.25, 0.3) is 0 Å². The van der Waals surface area contributed by atoms with Crippen molar-refractivity contribution in [1.29, 1.82) is 0 Å². The average molecular weight is 313 g/mol. The van der Waals surface area contributed by atoms with Gasteiger partial charge in [-0.25, -0.2) is 0 Å². The topological polar surface area (TPSA) is 30.9 Å². The van der Waals surface area contributed by atoms with E-state index in [9.17, 15) is 0 Å². The van der Waals surface area contributed by atoms with E-state index in [0.717, 1.165) is 35.6 Å². The molecule has 2 aromatic rings. The fourth-order valence-corrected chi connectivity index (χ4v) is 3.52. The molecule has 0 amide bonds. The van der Waals surface area contributed by atoms with Gasteiger partial charge in [0.15, 0.2) is 17.2 Å². The van der Waals surface area contributed by atoms with Gasteiger partial charge < -0.3 is 14.2 Å². The predicted molar refractivity (Wildman–Crippen MR) is 90.1 cm³/mol. The second-order valence-electron chi connectivity index (χ2n) is 5.75. The number of rotatable bonds is 4. The highest BCUT2D eigenvalue weighted by Crippen LogP contribution is 2.44. The summed E-state index contributed by atoms with van der Waals surface area (Å²) in [5.74, 6) is 1.48. The van der Waals surface area contributed by atoms with Gasteiger partial charge in [-0.3, -0.25) is 4.90 Å². The monoisotopic (exact) mass is 313 g/mol. The van der Waals surface area contributed by atoms with Crippen molar-refractivity contribution in [2.45, 2.75) is 12.1 Å². The largest absolute Gasteiger partial charge is 0.493 e. The second kappa shape index (κ2) is 6.22. The first-order chi connectivity index (χ1) is 11.2. The third kappa shape index (κ3) is 2.38. The lowest BCUT2D eigenvalue weighted by Gasteiger charge is -2.45. The maximum absolute atomic E-state index is 6.11. The van der Waals surface area contributed by atoms with E-state index in [1.165, 1.54) is 5.56 Å². The van der Waals surface area contributed by atoms with E-state index in [1.807, 2.05) is 24.3 Å². The van der Waals surface area contributed by atoms with Gasteiger partial charge in [0.05, 0.1) is 14.2 Å². The first-order valence-electron chi connectivity index (χ1n) is 7.74. The third-order valence-electron chi connectivity index (χ3n) is 4.69. The third-order valence-corrected chi connectivity index (χ3v) is 4.69. The number of hydrogen-bond acceptors (Lipinski definition) is 4. The first kappa shape index (κ1) is 15.8. The summed E-state index contributed by atoms with van der Waals surface area (Å²) in [5.41, 5.74) is 2.83. The SMILES string of the molecule is COc1cc2c(cc1OC)C(OC)(c1ccccc1)N(C)CC2. The van der Waals surface area contributed by atoms with Crippen molar-refractivity contribution in [1.82, 2.24) is 4.90 Å². The Balaban J connectivity index is 2.26. The fourth-order valence-electron chi connectivity index (χ4n) is 3.52. The summed E-state index contributed by atoms with van der Waals surface area (Å²) in [6.07, 6.45) is 0.949. The zero-order valence-corrected chi connectivity index (χ0v) is 14.1. The molecule has 1 unspecified atom stereocenters. The summed E-state index contributed by atoms with van der Waals surface area (Å²) < 4.78 is 17.1. The van der Waals surface area contributed by atoms with E-state index in [4.69, 9.17) is 14.2 Å². The average Bonchev–Trinajstić information content (AvgIpc) is 2.61. The van der Waals surface area contributed by atoms with E-state index < -0.39 is 5.72 Å². The van der Waals surface area contributed by atoms with Crippen LogP contribution in [0, 0.1) is 0 Å². The Morgan fingerprint density at radius 2 is 1.61 bits per heavy atom. The molecule has 0 aliphatic carbocycles. The van der Waals surface area contributed by atoms with Gasteiger partial charge in [-0.2, -0.15) is 0 Å². The molecule has 0 spiro atoms. The molecular formula is C19H23NO3. The Labute approximate surface area is 137 Å². The summed E-state index contributed by atoms with van der Waals surface area (Å²) in [5, 5.41) is 0. The normalized spacial score (nSPS) is 20.9. The van der Waals surface area contributed by atoms with Crippen LogP contribution in [0.5, 0.6) is 11.5 Å². The first-order valence-corrected chi connectivity index (χ1v) is 7.74. The van der Waals surface area contributed by atoms with Gasteiger partial charge in [0, 0.05) is 24.8 Å².